The van der Waals surface area contributed by atoms with E-state index in [0.29, 0.717) is 11.5 Å². The van der Waals surface area contributed by atoms with Crippen molar-refractivity contribution < 1.29 is 8.60 Å². The van der Waals surface area contributed by atoms with Crippen LogP contribution in [0, 0.1) is 5.82 Å². The van der Waals surface area contributed by atoms with Crippen molar-refractivity contribution in [1.29, 1.82) is 0 Å². The standard InChI is InChI=1S/C11H16FNOS/c1-11(2,13)8-15(14)7-9-3-5-10(12)6-4-9/h3-6H,7-8,13H2,1-2H3. The number of hydrogen-bond donors (Lipinski definition) is 1. The fourth-order valence-electron chi connectivity index (χ4n) is 1.23. The molecule has 0 radical (unpaired) electrons. The molecule has 84 valence electrons. The minimum atomic E-state index is -0.995. The molecule has 15 heavy (non-hydrogen) atoms. The third-order valence-electron chi connectivity index (χ3n) is 1.77. The van der Waals surface area contributed by atoms with Crippen molar-refractivity contribution in [2.24, 2.45) is 5.73 Å². The first kappa shape index (κ1) is 12.3. The first-order chi connectivity index (χ1) is 6.87. The summed E-state index contributed by atoms with van der Waals surface area (Å²) in [6, 6.07) is 6.05. The molecule has 2 N–H and O–H groups in total. The molecule has 1 aromatic rings. The lowest BCUT2D eigenvalue weighted by Gasteiger charge is -2.17. The highest BCUT2D eigenvalue weighted by Gasteiger charge is 2.15. The van der Waals surface area contributed by atoms with E-state index in [2.05, 4.69) is 0 Å². The van der Waals surface area contributed by atoms with E-state index < -0.39 is 16.3 Å². The lowest BCUT2D eigenvalue weighted by atomic mass is 10.1. The van der Waals surface area contributed by atoms with Crippen LogP contribution in [0.3, 0.4) is 0 Å². The molecule has 4 heteroatoms. The highest BCUT2D eigenvalue weighted by molar-refractivity contribution is 7.84. The third-order valence-corrected chi connectivity index (χ3v) is 3.50. The van der Waals surface area contributed by atoms with Crippen LogP contribution >= 0.6 is 0 Å². The van der Waals surface area contributed by atoms with Gasteiger partial charge in [-0.1, -0.05) is 12.1 Å². The van der Waals surface area contributed by atoms with Crippen LogP contribution in [0.1, 0.15) is 19.4 Å². The van der Waals surface area contributed by atoms with E-state index in [-0.39, 0.29) is 5.82 Å². The van der Waals surface area contributed by atoms with Gasteiger partial charge in [0.1, 0.15) is 5.82 Å². The smallest absolute Gasteiger partial charge is 0.123 e. The lowest BCUT2D eigenvalue weighted by Crippen LogP contribution is -2.38. The van der Waals surface area contributed by atoms with Gasteiger partial charge in [0.05, 0.1) is 0 Å². The molecule has 0 fully saturated rings. The van der Waals surface area contributed by atoms with E-state index in [4.69, 9.17) is 5.73 Å². The van der Waals surface area contributed by atoms with Crippen molar-refractivity contribution >= 4 is 10.8 Å². The molecule has 0 saturated heterocycles. The van der Waals surface area contributed by atoms with Crippen LogP contribution in [0.5, 0.6) is 0 Å². The Bertz CT molecular complexity index is 343. The average molecular weight is 229 g/mol. The Kier molecular flexibility index (Phi) is 3.99. The summed E-state index contributed by atoms with van der Waals surface area (Å²) in [5.41, 5.74) is 6.21. The minimum Gasteiger partial charge on any atom is -0.325 e. The normalized spacial score (nSPS) is 13.9. The van der Waals surface area contributed by atoms with E-state index in [0.717, 1.165) is 5.56 Å². The van der Waals surface area contributed by atoms with Crippen molar-refractivity contribution in [2.45, 2.75) is 25.1 Å². The van der Waals surface area contributed by atoms with E-state index in [1.165, 1.54) is 12.1 Å². The van der Waals surface area contributed by atoms with Crippen molar-refractivity contribution in [3.63, 3.8) is 0 Å². The molecule has 0 aliphatic rings. The van der Waals surface area contributed by atoms with E-state index >= 15 is 0 Å². The van der Waals surface area contributed by atoms with Gasteiger partial charge >= 0.3 is 0 Å². The first-order valence-electron chi connectivity index (χ1n) is 4.75. The summed E-state index contributed by atoms with van der Waals surface area (Å²) in [7, 11) is -0.995. The molecular formula is C11H16FNOS. The highest BCUT2D eigenvalue weighted by Crippen LogP contribution is 2.08. The monoisotopic (exact) mass is 229 g/mol. The largest absolute Gasteiger partial charge is 0.325 e. The predicted molar refractivity (Wildman–Crippen MR) is 61.4 cm³/mol. The van der Waals surface area contributed by atoms with Gasteiger partial charge in [-0.05, 0) is 31.5 Å². The molecular weight excluding hydrogens is 213 g/mol. The van der Waals surface area contributed by atoms with Crippen LogP contribution in [-0.4, -0.2) is 15.5 Å². The molecule has 1 aromatic carbocycles. The Morgan fingerprint density at radius 3 is 2.33 bits per heavy atom. The molecule has 1 rings (SSSR count). The summed E-state index contributed by atoms with van der Waals surface area (Å²) < 4.78 is 24.2. The van der Waals surface area contributed by atoms with Crippen LogP contribution in [0.2, 0.25) is 0 Å². The molecule has 0 amide bonds. The summed E-state index contributed by atoms with van der Waals surface area (Å²) in [6.45, 7) is 3.69. The minimum absolute atomic E-state index is 0.274. The van der Waals surface area contributed by atoms with Crippen LogP contribution in [0.25, 0.3) is 0 Å². The van der Waals surface area contributed by atoms with Crippen LogP contribution in [0.15, 0.2) is 24.3 Å². The zero-order chi connectivity index (χ0) is 11.5. The van der Waals surface area contributed by atoms with Gasteiger partial charge < -0.3 is 5.73 Å². The second kappa shape index (κ2) is 4.86. The SMILES string of the molecule is CC(C)(N)CS(=O)Cc1ccc(F)cc1. The molecule has 2 nitrogen and oxygen atoms in total. The maximum Gasteiger partial charge on any atom is 0.123 e. The van der Waals surface area contributed by atoms with Gasteiger partial charge in [-0.2, -0.15) is 0 Å². The van der Waals surface area contributed by atoms with Crippen molar-refractivity contribution in [3.05, 3.63) is 35.6 Å². The van der Waals surface area contributed by atoms with Gasteiger partial charge in [0.15, 0.2) is 0 Å². The second-order valence-corrected chi connectivity index (χ2v) is 5.80. The quantitative estimate of drug-likeness (QED) is 0.855. The number of nitrogens with two attached hydrogens (primary N) is 1. The second-order valence-electron chi connectivity index (χ2n) is 4.34. The van der Waals surface area contributed by atoms with Gasteiger partial charge in [0, 0.05) is 27.8 Å². The van der Waals surface area contributed by atoms with Gasteiger partial charge in [0.25, 0.3) is 0 Å². The van der Waals surface area contributed by atoms with Crippen LogP contribution in [0.4, 0.5) is 4.39 Å². The predicted octanol–water partition coefficient (Wildman–Crippen LogP) is 1.81. The summed E-state index contributed by atoms with van der Waals surface area (Å²) in [6.07, 6.45) is 0. The molecule has 1 unspecified atom stereocenters. The molecule has 1 atom stereocenters. The lowest BCUT2D eigenvalue weighted by molar-refractivity contribution is 0.577. The maximum absolute atomic E-state index is 12.6. The van der Waals surface area contributed by atoms with Crippen molar-refractivity contribution in [1.82, 2.24) is 0 Å². The Morgan fingerprint density at radius 2 is 1.87 bits per heavy atom. The van der Waals surface area contributed by atoms with Gasteiger partial charge in [0.2, 0.25) is 0 Å². The molecule has 0 aliphatic carbocycles. The first-order valence-corrected chi connectivity index (χ1v) is 6.24. The molecule has 0 saturated carbocycles. The van der Waals surface area contributed by atoms with Gasteiger partial charge in [-0.25, -0.2) is 4.39 Å². The number of rotatable bonds is 4. The fourth-order valence-corrected chi connectivity index (χ4v) is 2.73. The van der Waals surface area contributed by atoms with E-state index in [9.17, 15) is 8.60 Å². The Hall–Kier alpha value is -0.740. The highest BCUT2D eigenvalue weighted by atomic mass is 32.2. The van der Waals surface area contributed by atoms with E-state index in [1.807, 2.05) is 13.8 Å². The molecule has 0 spiro atoms. The van der Waals surface area contributed by atoms with Gasteiger partial charge in [-0.15, -0.1) is 0 Å². The molecule has 0 bridgehead atoms. The fraction of sp³-hybridized carbons (Fsp3) is 0.455. The Morgan fingerprint density at radius 1 is 1.33 bits per heavy atom. The summed E-state index contributed by atoms with van der Waals surface area (Å²) >= 11 is 0. The zero-order valence-electron chi connectivity index (χ0n) is 9.00. The van der Waals surface area contributed by atoms with Gasteiger partial charge in [-0.3, -0.25) is 4.21 Å². The van der Waals surface area contributed by atoms with Crippen molar-refractivity contribution in [2.75, 3.05) is 5.75 Å². The number of hydrogen-bond acceptors (Lipinski definition) is 2. The van der Waals surface area contributed by atoms with Crippen LogP contribution in [-0.2, 0) is 16.6 Å². The summed E-state index contributed by atoms with van der Waals surface area (Å²) in [5.74, 6) is 0.606. The molecule has 0 aromatic heterocycles. The molecule has 0 heterocycles. The topological polar surface area (TPSA) is 43.1 Å². The third kappa shape index (κ3) is 5.04. The zero-order valence-corrected chi connectivity index (χ0v) is 9.81. The Labute approximate surface area is 92.1 Å². The number of benzene rings is 1. The summed E-state index contributed by atoms with van der Waals surface area (Å²) in [5, 5.41) is 0. The number of halogens is 1. The molecule has 0 aliphatic heterocycles. The maximum atomic E-state index is 12.6. The average Bonchev–Trinajstić information content (AvgIpc) is 2.05. The van der Waals surface area contributed by atoms with E-state index in [1.54, 1.807) is 12.1 Å². The summed E-state index contributed by atoms with van der Waals surface area (Å²) in [4.78, 5) is 0. The van der Waals surface area contributed by atoms with Crippen LogP contribution < -0.4 is 5.73 Å². The Balaban J connectivity index is 2.55. The van der Waals surface area contributed by atoms with Crippen molar-refractivity contribution in [3.8, 4) is 0 Å².